The lowest BCUT2D eigenvalue weighted by atomic mass is 10.2. The quantitative estimate of drug-likeness (QED) is 0.708. The monoisotopic (exact) mass is 212 g/mol. The van der Waals surface area contributed by atoms with Gasteiger partial charge in [-0.05, 0) is 13.0 Å². The number of H-pyrrole nitrogens is 1. The topological polar surface area (TPSA) is 37.9 Å². The third-order valence-corrected chi connectivity index (χ3v) is 2.66. The second-order valence-electron chi connectivity index (χ2n) is 3.67. The minimum absolute atomic E-state index is 0.640. The minimum Gasteiger partial charge on any atom is -0.478 e. The van der Waals surface area contributed by atoms with E-state index in [1.807, 2.05) is 31.3 Å². The molecule has 1 N–H and O–H groups in total. The molecule has 0 saturated heterocycles. The van der Waals surface area contributed by atoms with Gasteiger partial charge in [0.15, 0.2) is 0 Å². The van der Waals surface area contributed by atoms with E-state index < -0.39 is 0 Å². The lowest BCUT2D eigenvalue weighted by molar-refractivity contribution is 0.327. The van der Waals surface area contributed by atoms with Gasteiger partial charge < -0.3 is 9.72 Å². The summed E-state index contributed by atoms with van der Waals surface area (Å²) in [4.78, 5) is 7.57. The van der Waals surface area contributed by atoms with E-state index in [4.69, 9.17) is 4.74 Å². The van der Waals surface area contributed by atoms with Crippen LogP contribution in [0.2, 0.25) is 0 Å². The Labute approximate surface area is 93.1 Å². The Kier molecular flexibility index (Phi) is 2.03. The number of hydrogen-bond acceptors (Lipinski definition) is 2. The molecule has 0 aliphatic carbocycles. The molecule has 1 aromatic carbocycles. The van der Waals surface area contributed by atoms with E-state index >= 15 is 0 Å². The van der Waals surface area contributed by atoms with Crippen LogP contribution in [0.4, 0.5) is 0 Å². The zero-order valence-electron chi connectivity index (χ0n) is 9.03. The fraction of sp³-hybridized carbons (Fsp3) is 0.154. The van der Waals surface area contributed by atoms with Crippen molar-refractivity contribution in [2.75, 3.05) is 6.61 Å². The highest BCUT2D eigenvalue weighted by atomic mass is 16.5. The Balaban J connectivity index is 2.31. The molecule has 0 amide bonds. The van der Waals surface area contributed by atoms with E-state index in [2.05, 4.69) is 22.1 Å². The van der Waals surface area contributed by atoms with Crippen molar-refractivity contribution in [1.82, 2.24) is 9.97 Å². The Hall–Kier alpha value is -2.03. The van der Waals surface area contributed by atoms with Crippen LogP contribution < -0.4 is 4.74 Å². The summed E-state index contributed by atoms with van der Waals surface area (Å²) in [6, 6.07) is 10.2. The summed E-state index contributed by atoms with van der Waals surface area (Å²) in [7, 11) is 0. The average molecular weight is 212 g/mol. The first kappa shape index (κ1) is 9.21. The van der Waals surface area contributed by atoms with Gasteiger partial charge in [-0.1, -0.05) is 18.2 Å². The number of nitrogens with one attached hydrogen (secondary N) is 1. The number of ether oxygens (including phenoxy) is 1. The molecule has 0 saturated carbocycles. The number of pyridine rings is 1. The number of para-hydroxylation sites is 1. The minimum atomic E-state index is 0.640. The van der Waals surface area contributed by atoms with E-state index in [1.165, 1.54) is 5.39 Å². The molecule has 0 unspecified atom stereocenters. The largest absolute Gasteiger partial charge is 0.478 e. The van der Waals surface area contributed by atoms with Gasteiger partial charge >= 0.3 is 0 Å². The molecule has 2 heterocycles. The van der Waals surface area contributed by atoms with Gasteiger partial charge in [0.25, 0.3) is 0 Å². The van der Waals surface area contributed by atoms with Crippen molar-refractivity contribution in [3.05, 3.63) is 36.5 Å². The molecule has 0 spiro atoms. The van der Waals surface area contributed by atoms with Crippen molar-refractivity contribution in [3.8, 4) is 5.88 Å². The molecule has 16 heavy (non-hydrogen) atoms. The highest BCUT2D eigenvalue weighted by molar-refractivity contribution is 6.07. The lowest BCUT2D eigenvalue weighted by Gasteiger charge is -2.00. The zero-order chi connectivity index (χ0) is 11.0. The molecule has 0 aliphatic rings. The SMILES string of the molecule is CCOc1cc2c(cn1)[nH]c1ccccc12. The summed E-state index contributed by atoms with van der Waals surface area (Å²) >= 11 is 0. The van der Waals surface area contributed by atoms with Crippen molar-refractivity contribution >= 4 is 21.8 Å². The van der Waals surface area contributed by atoms with Crippen molar-refractivity contribution in [1.29, 1.82) is 0 Å². The maximum Gasteiger partial charge on any atom is 0.213 e. The van der Waals surface area contributed by atoms with Gasteiger partial charge in [0.05, 0.1) is 18.3 Å². The fourth-order valence-electron chi connectivity index (χ4n) is 1.96. The summed E-state index contributed by atoms with van der Waals surface area (Å²) in [6.07, 6.45) is 1.82. The number of aromatic nitrogens is 2. The fourth-order valence-corrected chi connectivity index (χ4v) is 1.96. The molecular weight excluding hydrogens is 200 g/mol. The molecule has 3 aromatic rings. The lowest BCUT2D eigenvalue weighted by Crippen LogP contribution is -1.93. The van der Waals surface area contributed by atoms with Gasteiger partial charge in [0, 0.05) is 22.4 Å². The number of nitrogens with zero attached hydrogens (tertiary/aromatic N) is 1. The third-order valence-electron chi connectivity index (χ3n) is 2.66. The predicted octanol–water partition coefficient (Wildman–Crippen LogP) is 3.11. The van der Waals surface area contributed by atoms with Crippen LogP contribution in [-0.4, -0.2) is 16.6 Å². The van der Waals surface area contributed by atoms with Crippen LogP contribution in [0.15, 0.2) is 36.5 Å². The smallest absolute Gasteiger partial charge is 0.213 e. The second kappa shape index (κ2) is 3.52. The van der Waals surface area contributed by atoms with Gasteiger partial charge in [-0.15, -0.1) is 0 Å². The van der Waals surface area contributed by atoms with E-state index in [1.54, 1.807) is 0 Å². The van der Waals surface area contributed by atoms with Crippen LogP contribution >= 0.6 is 0 Å². The molecule has 3 nitrogen and oxygen atoms in total. The van der Waals surface area contributed by atoms with Gasteiger partial charge in [-0.2, -0.15) is 0 Å². The van der Waals surface area contributed by atoms with Gasteiger partial charge in [0.2, 0.25) is 5.88 Å². The van der Waals surface area contributed by atoms with Crippen LogP contribution in [0.1, 0.15) is 6.92 Å². The number of rotatable bonds is 2. The van der Waals surface area contributed by atoms with E-state index in [0.717, 1.165) is 16.4 Å². The average Bonchev–Trinajstić information content (AvgIpc) is 2.68. The molecule has 80 valence electrons. The van der Waals surface area contributed by atoms with Crippen LogP contribution in [0, 0.1) is 0 Å². The summed E-state index contributed by atoms with van der Waals surface area (Å²) < 4.78 is 5.41. The third kappa shape index (κ3) is 1.33. The maximum atomic E-state index is 5.41. The molecular formula is C13H12N2O. The Morgan fingerprint density at radius 3 is 2.94 bits per heavy atom. The van der Waals surface area contributed by atoms with Crippen molar-refractivity contribution < 1.29 is 4.74 Å². The maximum absolute atomic E-state index is 5.41. The molecule has 3 heteroatoms. The Morgan fingerprint density at radius 1 is 1.19 bits per heavy atom. The highest BCUT2D eigenvalue weighted by Crippen LogP contribution is 2.26. The first-order valence-electron chi connectivity index (χ1n) is 5.38. The van der Waals surface area contributed by atoms with Gasteiger partial charge in [0.1, 0.15) is 0 Å². The Morgan fingerprint density at radius 2 is 2.06 bits per heavy atom. The van der Waals surface area contributed by atoms with E-state index in [0.29, 0.717) is 12.5 Å². The van der Waals surface area contributed by atoms with E-state index in [9.17, 15) is 0 Å². The van der Waals surface area contributed by atoms with Crippen LogP contribution in [0.25, 0.3) is 21.8 Å². The normalized spacial score (nSPS) is 11.1. The first-order chi connectivity index (χ1) is 7.88. The molecule has 0 aliphatic heterocycles. The molecule has 0 atom stereocenters. The van der Waals surface area contributed by atoms with Gasteiger partial charge in [-0.3, -0.25) is 0 Å². The molecule has 3 rings (SSSR count). The summed E-state index contributed by atoms with van der Waals surface area (Å²) in [5.41, 5.74) is 2.18. The second-order valence-corrected chi connectivity index (χ2v) is 3.67. The number of fused-ring (bicyclic) bond motifs is 3. The summed E-state index contributed by atoms with van der Waals surface area (Å²) in [5.74, 6) is 0.680. The van der Waals surface area contributed by atoms with Crippen molar-refractivity contribution in [3.63, 3.8) is 0 Å². The standard InChI is InChI=1S/C13H12N2O/c1-2-16-13-7-10-9-5-3-4-6-11(9)15-12(10)8-14-13/h3-8,15H,2H2,1H3. The van der Waals surface area contributed by atoms with Crippen LogP contribution in [0.3, 0.4) is 0 Å². The highest BCUT2D eigenvalue weighted by Gasteiger charge is 2.05. The summed E-state index contributed by atoms with van der Waals surface area (Å²) in [5, 5.41) is 2.37. The molecule has 0 fully saturated rings. The zero-order valence-corrected chi connectivity index (χ0v) is 9.03. The van der Waals surface area contributed by atoms with Crippen LogP contribution in [-0.2, 0) is 0 Å². The Bertz CT molecular complexity index is 643. The molecule has 0 radical (unpaired) electrons. The van der Waals surface area contributed by atoms with Crippen molar-refractivity contribution in [2.24, 2.45) is 0 Å². The van der Waals surface area contributed by atoms with Crippen molar-refractivity contribution in [2.45, 2.75) is 6.92 Å². The first-order valence-corrected chi connectivity index (χ1v) is 5.38. The molecule has 0 bridgehead atoms. The van der Waals surface area contributed by atoms with Gasteiger partial charge in [-0.25, -0.2) is 4.98 Å². The number of hydrogen-bond donors (Lipinski definition) is 1. The van der Waals surface area contributed by atoms with Crippen LogP contribution in [0.5, 0.6) is 5.88 Å². The number of aromatic amines is 1. The van der Waals surface area contributed by atoms with E-state index in [-0.39, 0.29) is 0 Å². The summed E-state index contributed by atoms with van der Waals surface area (Å²) in [6.45, 7) is 2.60. The predicted molar refractivity (Wildman–Crippen MR) is 64.8 cm³/mol. The molecule has 2 aromatic heterocycles. The number of benzene rings is 1.